The number of Topliss-reactive ketones (excluding diaryl/α,β-unsaturated/α-hetero) is 1. The predicted octanol–water partition coefficient (Wildman–Crippen LogP) is 3.92. The van der Waals surface area contributed by atoms with E-state index in [2.05, 4.69) is 41.9 Å². The molecule has 0 saturated heterocycles. The van der Waals surface area contributed by atoms with Crippen molar-refractivity contribution < 1.29 is 4.79 Å². The van der Waals surface area contributed by atoms with Crippen molar-refractivity contribution >= 4 is 21.7 Å². The molecule has 1 fully saturated rings. The fourth-order valence-electron chi connectivity index (χ4n) is 2.36. The minimum Gasteiger partial charge on any atom is -0.299 e. The molecular weight excluding hydrogens is 252 g/mol. The molecule has 80 valence electrons. The van der Waals surface area contributed by atoms with Gasteiger partial charge in [-0.1, -0.05) is 41.9 Å². The lowest BCUT2D eigenvalue weighted by Crippen LogP contribution is -2.45. The fourth-order valence-corrected chi connectivity index (χ4v) is 2.78. The lowest BCUT2D eigenvalue weighted by Gasteiger charge is -2.45. The zero-order valence-corrected chi connectivity index (χ0v) is 10.7. The first kappa shape index (κ1) is 10.9. The Hall–Kier alpha value is -0.630. The first-order chi connectivity index (χ1) is 7.08. The molecule has 0 aliphatic heterocycles. The van der Waals surface area contributed by atoms with Crippen LogP contribution in [0.1, 0.15) is 38.2 Å². The summed E-state index contributed by atoms with van der Waals surface area (Å²) < 4.78 is 1.10. The zero-order valence-electron chi connectivity index (χ0n) is 9.09. The molecule has 1 saturated carbocycles. The van der Waals surface area contributed by atoms with E-state index in [4.69, 9.17) is 0 Å². The lowest BCUT2D eigenvalue weighted by atomic mass is 9.56. The average molecular weight is 267 g/mol. The number of rotatable bonds is 2. The molecule has 2 unspecified atom stereocenters. The maximum atomic E-state index is 11.6. The van der Waals surface area contributed by atoms with Crippen LogP contribution in [0.2, 0.25) is 0 Å². The fraction of sp³-hybridized carbons (Fsp3) is 0.462. The highest BCUT2D eigenvalue weighted by Crippen LogP contribution is 2.52. The Morgan fingerprint density at radius 2 is 2.27 bits per heavy atom. The van der Waals surface area contributed by atoms with Crippen molar-refractivity contribution in [2.75, 3.05) is 0 Å². The molecule has 1 aromatic carbocycles. The molecule has 0 spiro atoms. The second-order valence-corrected chi connectivity index (χ2v) is 5.42. The molecule has 1 aliphatic rings. The van der Waals surface area contributed by atoms with Crippen molar-refractivity contribution in [2.45, 2.75) is 32.6 Å². The van der Waals surface area contributed by atoms with E-state index < -0.39 is 0 Å². The molecule has 0 aromatic heterocycles. The van der Waals surface area contributed by atoms with Crippen LogP contribution in [-0.4, -0.2) is 5.78 Å². The van der Waals surface area contributed by atoms with Crippen molar-refractivity contribution in [3.05, 3.63) is 34.3 Å². The summed E-state index contributed by atoms with van der Waals surface area (Å²) in [6.45, 7) is 4.19. The van der Waals surface area contributed by atoms with Gasteiger partial charge in [-0.3, -0.25) is 4.79 Å². The standard InChI is InChI=1S/C13H15BrO/c1-3-13(2)11(8-12(13)15)9-5-4-6-10(14)7-9/h4-7,11H,3,8H2,1-2H3. The molecule has 1 aromatic rings. The summed E-state index contributed by atoms with van der Waals surface area (Å²) in [5, 5.41) is 0. The van der Waals surface area contributed by atoms with Gasteiger partial charge >= 0.3 is 0 Å². The maximum absolute atomic E-state index is 11.6. The van der Waals surface area contributed by atoms with Crippen LogP contribution >= 0.6 is 15.9 Å². The van der Waals surface area contributed by atoms with Crippen molar-refractivity contribution in [2.24, 2.45) is 5.41 Å². The van der Waals surface area contributed by atoms with Crippen LogP contribution in [0.3, 0.4) is 0 Å². The lowest BCUT2D eigenvalue weighted by molar-refractivity contribution is -0.139. The van der Waals surface area contributed by atoms with E-state index in [1.807, 2.05) is 12.1 Å². The molecular formula is C13H15BrO. The van der Waals surface area contributed by atoms with Crippen LogP contribution in [0, 0.1) is 5.41 Å². The minimum absolute atomic E-state index is 0.124. The van der Waals surface area contributed by atoms with Gasteiger partial charge in [-0.25, -0.2) is 0 Å². The number of carbonyl (C=O) groups is 1. The second kappa shape index (κ2) is 3.75. The van der Waals surface area contributed by atoms with Gasteiger partial charge < -0.3 is 0 Å². The molecule has 0 N–H and O–H groups in total. The van der Waals surface area contributed by atoms with Gasteiger partial charge in [-0.05, 0) is 24.1 Å². The van der Waals surface area contributed by atoms with Crippen LogP contribution in [0.4, 0.5) is 0 Å². The third-order valence-corrected chi connectivity index (χ3v) is 4.27. The maximum Gasteiger partial charge on any atom is 0.140 e. The summed E-state index contributed by atoms with van der Waals surface area (Å²) in [4.78, 5) is 11.6. The number of halogens is 1. The summed E-state index contributed by atoms with van der Waals surface area (Å²) in [6, 6.07) is 8.31. The monoisotopic (exact) mass is 266 g/mol. The van der Waals surface area contributed by atoms with Gasteiger partial charge in [0.25, 0.3) is 0 Å². The third-order valence-electron chi connectivity index (χ3n) is 3.78. The van der Waals surface area contributed by atoms with Crippen LogP contribution < -0.4 is 0 Å². The molecule has 0 bridgehead atoms. The smallest absolute Gasteiger partial charge is 0.140 e. The van der Waals surface area contributed by atoms with E-state index in [1.54, 1.807) is 0 Å². The quantitative estimate of drug-likeness (QED) is 0.793. The Labute approximate surface area is 99.0 Å². The Kier molecular flexibility index (Phi) is 2.72. The predicted molar refractivity (Wildman–Crippen MR) is 64.9 cm³/mol. The van der Waals surface area contributed by atoms with Crippen molar-refractivity contribution in [3.8, 4) is 0 Å². The topological polar surface area (TPSA) is 17.1 Å². The Morgan fingerprint density at radius 1 is 1.53 bits per heavy atom. The number of benzene rings is 1. The molecule has 0 radical (unpaired) electrons. The van der Waals surface area contributed by atoms with E-state index in [0.29, 0.717) is 18.1 Å². The SMILES string of the molecule is CCC1(C)C(=O)CC1c1cccc(Br)c1. The normalized spacial score (nSPS) is 30.1. The highest BCUT2D eigenvalue weighted by molar-refractivity contribution is 9.10. The van der Waals surface area contributed by atoms with E-state index in [9.17, 15) is 4.79 Å². The van der Waals surface area contributed by atoms with E-state index in [1.165, 1.54) is 5.56 Å². The summed E-state index contributed by atoms with van der Waals surface area (Å²) in [7, 11) is 0. The number of hydrogen-bond acceptors (Lipinski definition) is 1. The van der Waals surface area contributed by atoms with E-state index in [-0.39, 0.29) is 5.41 Å². The Bertz CT molecular complexity index is 399. The third kappa shape index (κ3) is 1.65. The Morgan fingerprint density at radius 3 is 2.80 bits per heavy atom. The highest BCUT2D eigenvalue weighted by atomic mass is 79.9. The summed E-state index contributed by atoms with van der Waals surface area (Å²) in [5.41, 5.74) is 1.16. The number of carbonyl (C=O) groups excluding carboxylic acids is 1. The van der Waals surface area contributed by atoms with Gasteiger partial charge in [-0.2, -0.15) is 0 Å². The largest absolute Gasteiger partial charge is 0.299 e. The van der Waals surface area contributed by atoms with Crippen LogP contribution in [-0.2, 0) is 4.79 Å². The molecule has 15 heavy (non-hydrogen) atoms. The summed E-state index contributed by atoms with van der Waals surface area (Å²) in [6.07, 6.45) is 1.64. The van der Waals surface area contributed by atoms with Crippen molar-refractivity contribution in [3.63, 3.8) is 0 Å². The molecule has 1 nitrogen and oxygen atoms in total. The molecule has 2 rings (SSSR count). The molecule has 2 heteroatoms. The van der Waals surface area contributed by atoms with Gasteiger partial charge in [0.1, 0.15) is 5.78 Å². The molecule has 0 amide bonds. The first-order valence-electron chi connectivity index (χ1n) is 5.36. The van der Waals surface area contributed by atoms with Crippen LogP contribution in [0.25, 0.3) is 0 Å². The Balaban J connectivity index is 2.30. The van der Waals surface area contributed by atoms with Crippen molar-refractivity contribution in [1.82, 2.24) is 0 Å². The van der Waals surface area contributed by atoms with Crippen LogP contribution in [0.5, 0.6) is 0 Å². The van der Waals surface area contributed by atoms with Gasteiger partial charge in [0, 0.05) is 22.2 Å². The number of hydrogen-bond donors (Lipinski definition) is 0. The molecule has 0 heterocycles. The van der Waals surface area contributed by atoms with Gasteiger partial charge in [0.05, 0.1) is 0 Å². The van der Waals surface area contributed by atoms with Gasteiger partial charge in [0.2, 0.25) is 0 Å². The average Bonchev–Trinajstić information content (AvgIpc) is 2.24. The van der Waals surface area contributed by atoms with E-state index in [0.717, 1.165) is 10.9 Å². The number of ketones is 1. The van der Waals surface area contributed by atoms with Gasteiger partial charge in [0.15, 0.2) is 0 Å². The van der Waals surface area contributed by atoms with Crippen LogP contribution in [0.15, 0.2) is 28.7 Å². The second-order valence-electron chi connectivity index (χ2n) is 4.51. The van der Waals surface area contributed by atoms with Gasteiger partial charge in [-0.15, -0.1) is 0 Å². The summed E-state index contributed by atoms with van der Waals surface area (Å²) >= 11 is 3.47. The summed E-state index contributed by atoms with van der Waals surface area (Å²) in [5.74, 6) is 0.822. The molecule has 2 atom stereocenters. The zero-order chi connectivity index (χ0) is 11.1. The minimum atomic E-state index is -0.124. The van der Waals surface area contributed by atoms with E-state index >= 15 is 0 Å². The van der Waals surface area contributed by atoms with Crippen molar-refractivity contribution in [1.29, 1.82) is 0 Å². The molecule has 1 aliphatic carbocycles. The first-order valence-corrected chi connectivity index (χ1v) is 6.16. The highest BCUT2D eigenvalue weighted by Gasteiger charge is 2.49.